The van der Waals surface area contributed by atoms with Crippen LogP contribution in [0, 0.1) is 11.3 Å². The van der Waals surface area contributed by atoms with Crippen molar-refractivity contribution < 1.29 is 9.21 Å². The quantitative estimate of drug-likeness (QED) is 0.587. The molecule has 2 rings (SSSR count). The molecule has 0 spiro atoms. The van der Waals surface area contributed by atoms with Gasteiger partial charge < -0.3 is 14.6 Å². The van der Waals surface area contributed by atoms with E-state index in [2.05, 4.69) is 21.2 Å². The SMILES string of the molecule is CCN(CC)c1ccc(/C=C(\C#N)C(=O)Nc2cccc(Br)c2)o1. The summed E-state index contributed by atoms with van der Waals surface area (Å²) in [5.74, 6) is 0.713. The lowest BCUT2D eigenvalue weighted by Gasteiger charge is -2.16. The van der Waals surface area contributed by atoms with E-state index in [-0.39, 0.29) is 5.57 Å². The average molecular weight is 388 g/mol. The van der Waals surface area contributed by atoms with Gasteiger partial charge in [-0.05, 0) is 38.1 Å². The predicted octanol–water partition coefficient (Wildman–Crippen LogP) is 4.43. The number of benzene rings is 1. The van der Waals surface area contributed by atoms with E-state index in [4.69, 9.17) is 4.42 Å². The molecular formula is C18H18BrN3O2. The third-order valence-electron chi connectivity index (χ3n) is 3.42. The molecule has 1 amide bonds. The number of amides is 1. The van der Waals surface area contributed by atoms with E-state index in [1.807, 2.05) is 36.9 Å². The first-order valence-electron chi connectivity index (χ1n) is 7.60. The molecule has 0 saturated heterocycles. The maximum absolute atomic E-state index is 12.2. The van der Waals surface area contributed by atoms with Crippen LogP contribution in [0.15, 0.2) is 50.9 Å². The second-order valence-corrected chi connectivity index (χ2v) is 5.90. The lowest BCUT2D eigenvalue weighted by atomic mass is 10.2. The summed E-state index contributed by atoms with van der Waals surface area (Å²) in [7, 11) is 0. The first kappa shape index (κ1) is 17.8. The van der Waals surface area contributed by atoms with Crippen LogP contribution in [-0.2, 0) is 4.79 Å². The number of furan rings is 1. The van der Waals surface area contributed by atoms with Crippen LogP contribution in [0.2, 0.25) is 0 Å². The zero-order chi connectivity index (χ0) is 17.5. The highest BCUT2D eigenvalue weighted by Crippen LogP contribution is 2.21. The molecule has 1 N–H and O–H groups in total. The van der Waals surface area contributed by atoms with Gasteiger partial charge in [0.25, 0.3) is 5.91 Å². The van der Waals surface area contributed by atoms with Gasteiger partial charge in [-0.3, -0.25) is 4.79 Å². The van der Waals surface area contributed by atoms with E-state index in [0.29, 0.717) is 11.4 Å². The van der Waals surface area contributed by atoms with Gasteiger partial charge in [-0.1, -0.05) is 22.0 Å². The van der Waals surface area contributed by atoms with Gasteiger partial charge in [0.15, 0.2) is 5.88 Å². The van der Waals surface area contributed by atoms with E-state index in [1.54, 1.807) is 24.3 Å². The van der Waals surface area contributed by atoms with Gasteiger partial charge in [0.2, 0.25) is 0 Å². The Morgan fingerprint density at radius 1 is 1.33 bits per heavy atom. The number of hydrogen-bond donors (Lipinski definition) is 1. The van der Waals surface area contributed by atoms with Gasteiger partial charge in [-0.25, -0.2) is 0 Å². The fraction of sp³-hybridized carbons (Fsp3) is 0.222. The van der Waals surface area contributed by atoms with Crippen molar-refractivity contribution in [1.29, 1.82) is 5.26 Å². The minimum atomic E-state index is -0.476. The molecule has 0 unspecified atom stereocenters. The number of halogens is 1. The Balaban J connectivity index is 2.17. The van der Waals surface area contributed by atoms with Crippen molar-refractivity contribution in [2.75, 3.05) is 23.3 Å². The summed E-state index contributed by atoms with van der Waals surface area (Å²) < 4.78 is 6.54. The zero-order valence-corrected chi connectivity index (χ0v) is 15.1. The van der Waals surface area contributed by atoms with Gasteiger partial charge in [-0.15, -0.1) is 0 Å². The first-order valence-corrected chi connectivity index (χ1v) is 8.40. The van der Waals surface area contributed by atoms with Crippen molar-refractivity contribution >= 4 is 39.5 Å². The fourth-order valence-corrected chi connectivity index (χ4v) is 2.58. The molecule has 124 valence electrons. The zero-order valence-electron chi connectivity index (χ0n) is 13.5. The first-order chi connectivity index (χ1) is 11.6. The minimum Gasteiger partial charge on any atom is -0.441 e. The molecule has 1 aromatic heterocycles. The van der Waals surface area contributed by atoms with E-state index in [0.717, 1.165) is 23.4 Å². The third-order valence-corrected chi connectivity index (χ3v) is 3.92. The summed E-state index contributed by atoms with van der Waals surface area (Å²) in [5.41, 5.74) is 0.592. The van der Waals surface area contributed by atoms with Crippen molar-refractivity contribution in [2.45, 2.75) is 13.8 Å². The van der Waals surface area contributed by atoms with Crippen LogP contribution in [0.4, 0.5) is 11.6 Å². The van der Waals surface area contributed by atoms with Gasteiger partial charge in [0, 0.05) is 35.4 Å². The predicted molar refractivity (Wildman–Crippen MR) is 98.6 cm³/mol. The highest BCUT2D eigenvalue weighted by atomic mass is 79.9. The molecule has 0 aliphatic carbocycles. The molecule has 1 aromatic carbocycles. The highest BCUT2D eigenvalue weighted by Gasteiger charge is 2.12. The highest BCUT2D eigenvalue weighted by molar-refractivity contribution is 9.10. The normalized spacial score (nSPS) is 11.0. The number of rotatable bonds is 6. The Bertz CT molecular complexity index is 786. The number of anilines is 2. The number of nitrogens with one attached hydrogen (secondary N) is 1. The largest absolute Gasteiger partial charge is 0.441 e. The van der Waals surface area contributed by atoms with E-state index >= 15 is 0 Å². The van der Waals surface area contributed by atoms with Crippen LogP contribution < -0.4 is 10.2 Å². The monoisotopic (exact) mass is 387 g/mol. The third kappa shape index (κ3) is 4.49. The molecule has 0 aliphatic rings. The number of hydrogen-bond acceptors (Lipinski definition) is 4. The molecule has 0 bridgehead atoms. The van der Waals surface area contributed by atoms with Crippen LogP contribution in [0.1, 0.15) is 19.6 Å². The molecule has 0 aliphatic heterocycles. The van der Waals surface area contributed by atoms with Crippen LogP contribution in [0.3, 0.4) is 0 Å². The molecule has 0 atom stereocenters. The molecule has 0 fully saturated rings. The summed E-state index contributed by atoms with van der Waals surface area (Å²) in [4.78, 5) is 14.3. The molecular weight excluding hydrogens is 370 g/mol. The Morgan fingerprint density at radius 3 is 2.71 bits per heavy atom. The molecule has 1 heterocycles. The molecule has 2 aromatic rings. The van der Waals surface area contributed by atoms with Gasteiger partial charge in [0.05, 0.1) is 0 Å². The van der Waals surface area contributed by atoms with E-state index in [9.17, 15) is 10.1 Å². The van der Waals surface area contributed by atoms with Crippen LogP contribution in [0.5, 0.6) is 0 Å². The lowest BCUT2D eigenvalue weighted by molar-refractivity contribution is -0.112. The minimum absolute atomic E-state index is 0.0181. The summed E-state index contributed by atoms with van der Waals surface area (Å²) in [6.07, 6.45) is 1.44. The van der Waals surface area contributed by atoms with Gasteiger partial charge >= 0.3 is 0 Å². The average Bonchev–Trinajstić information content (AvgIpc) is 3.02. The standard InChI is InChI=1S/C18H18BrN3O2/c1-3-22(4-2)17-9-8-16(24-17)10-13(12-20)18(23)21-15-7-5-6-14(19)11-15/h5-11H,3-4H2,1-2H3,(H,21,23)/b13-10+. The summed E-state index contributed by atoms with van der Waals surface area (Å²) in [6.45, 7) is 5.71. The van der Waals surface area contributed by atoms with Crippen LogP contribution in [-0.4, -0.2) is 19.0 Å². The van der Waals surface area contributed by atoms with Crippen molar-refractivity contribution in [2.24, 2.45) is 0 Å². The molecule has 5 nitrogen and oxygen atoms in total. The molecule has 6 heteroatoms. The van der Waals surface area contributed by atoms with Gasteiger partial charge in [-0.2, -0.15) is 5.26 Å². The number of carbonyl (C=O) groups excluding carboxylic acids is 1. The topological polar surface area (TPSA) is 69.3 Å². The van der Waals surface area contributed by atoms with Gasteiger partial charge in [0.1, 0.15) is 17.4 Å². The molecule has 0 saturated carbocycles. The summed E-state index contributed by atoms with van der Waals surface area (Å²) in [5, 5.41) is 12.0. The molecule has 0 radical (unpaired) electrons. The van der Waals surface area contributed by atoms with Crippen LogP contribution in [0.25, 0.3) is 6.08 Å². The van der Waals surface area contributed by atoms with E-state index < -0.39 is 5.91 Å². The Labute approximate surface area is 149 Å². The number of nitriles is 1. The fourth-order valence-electron chi connectivity index (χ4n) is 2.18. The summed E-state index contributed by atoms with van der Waals surface area (Å²) in [6, 6.07) is 12.7. The van der Waals surface area contributed by atoms with Crippen molar-refractivity contribution in [1.82, 2.24) is 0 Å². The Morgan fingerprint density at radius 2 is 2.08 bits per heavy atom. The Kier molecular flexibility index (Phi) is 6.21. The van der Waals surface area contributed by atoms with E-state index in [1.165, 1.54) is 6.08 Å². The maximum atomic E-state index is 12.2. The lowest BCUT2D eigenvalue weighted by Crippen LogP contribution is -2.20. The maximum Gasteiger partial charge on any atom is 0.266 e. The number of carbonyl (C=O) groups is 1. The van der Waals surface area contributed by atoms with Crippen molar-refractivity contribution in [3.05, 3.63) is 52.2 Å². The number of nitrogens with zero attached hydrogens (tertiary/aromatic N) is 2. The van der Waals surface area contributed by atoms with Crippen molar-refractivity contribution in [3.63, 3.8) is 0 Å². The summed E-state index contributed by atoms with van der Waals surface area (Å²) >= 11 is 3.34. The second-order valence-electron chi connectivity index (χ2n) is 4.98. The smallest absolute Gasteiger partial charge is 0.266 e. The second kappa shape index (κ2) is 8.37. The molecule has 24 heavy (non-hydrogen) atoms. The van der Waals surface area contributed by atoms with Crippen molar-refractivity contribution in [3.8, 4) is 6.07 Å². The Hall–Kier alpha value is -2.52. The van der Waals surface area contributed by atoms with Crippen LogP contribution >= 0.6 is 15.9 Å².